The lowest BCUT2D eigenvalue weighted by molar-refractivity contribution is -0.140. The number of carbonyl (C=O) groups is 3. The van der Waals surface area contributed by atoms with Crippen LogP contribution in [0.15, 0.2) is 24.3 Å². The third-order valence-corrected chi connectivity index (χ3v) is 7.92. The first-order chi connectivity index (χ1) is 14.2. The molecule has 2 aliphatic heterocycles. The number of nitrogens with zero attached hydrogens (tertiary/aromatic N) is 2. The molecule has 10 heteroatoms. The van der Waals surface area contributed by atoms with Gasteiger partial charge in [-0.1, -0.05) is 19.1 Å². The van der Waals surface area contributed by atoms with E-state index in [0.29, 0.717) is 12.0 Å². The molecule has 1 aliphatic carbocycles. The highest BCUT2D eigenvalue weighted by molar-refractivity contribution is 7.91. The number of hydrogen-bond acceptors (Lipinski definition) is 5. The summed E-state index contributed by atoms with van der Waals surface area (Å²) in [5.41, 5.74) is -0.910. The second-order valence-corrected chi connectivity index (χ2v) is 10.4. The van der Waals surface area contributed by atoms with Gasteiger partial charge in [0.25, 0.3) is 5.91 Å². The number of nitrogens with one attached hydrogen (secondary N) is 1. The molecule has 1 aromatic rings. The fourth-order valence-corrected chi connectivity index (χ4v) is 6.12. The molecule has 0 aromatic heterocycles. The van der Waals surface area contributed by atoms with Crippen molar-refractivity contribution in [2.24, 2.45) is 0 Å². The van der Waals surface area contributed by atoms with E-state index >= 15 is 0 Å². The molecule has 8 nitrogen and oxygen atoms in total. The van der Waals surface area contributed by atoms with Gasteiger partial charge in [-0.3, -0.25) is 14.5 Å². The lowest BCUT2D eigenvalue weighted by Crippen LogP contribution is -2.49. The number of urea groups is 1. The molecule has 2 atom stereocenters. The van der Waals surface area contributed by atoms with E-state index in [1.54, 1.807) is 11.8 Å². The Bertz CT molecular complexity index is 992. The maximum atomic E-state index is 13.3. The SMILES string of the molecule is CCC1(c2ccc(F)cc2)NC(=O)N(CC(=O)N(C2CC2)C2CCS(=O)(=O)C2)C1=O. The largest absolute Gasteiger partial charge is 0.334 e. The minimum Gasteiger partial charge on any atom is -0.334 e. The highest BCUT2D eigenvalue weighted by Crippen LogP contribution is 2.35. The van der Waals surface area contributed by atoms with Crippen molar-refractivity contribution in [1.29, 1.82) is 0 Å². The second kappa shape index (κ2) is 7.33. The van der Waals surface area contributed by atoms with E-state index in [4.69, 9.17) is 0 Å². The van der Waals surface area contributed by atoms with Gasteiger partial charge >= 0.3 is 6.03 Å². The molecule has 0 spiro atoms. The lowest BCUT2D eigenvalue weighted by atomic mass is 9.87. The molecule has 1 N–H and O–H groups in total. The maximum absolute atomic E-state index is 13.3. The Hall–Kier alpha value is -2.49. The van der Waals surface area contributed by atoms with E-state index in [-0.39, 0.29) is 24.0 Å². The monoisotopic (exact) mass is 437 g/mol. The summed E-state index contributed by atoms with van der Waals surface area (Å²) in [4.78, 5) is 41.3. The topological polar surface area (TPSA) is 104 Å². The minimum absolute atomic E-state index is 0.0374. The van der Waals surface area contributed by atoms with Crippen LogP contribution in [0.2, 0.25) is 0 Å². The van der Waals surface area contributed by atoms with Crippen molar-refractivity contribution in [3.8, 4) is 0 Å². The van der Waals surface area contributed by atoms with E-state index < -0.39 is 51.6 Å². The number of amides is 4. The molecule has 2 heterocycles. The van der Waals surface area contributed by atoms with Crippen molar-refractivity contribution in [2.45, 2.75) is 50.2 Å². The molecular weight excluding hydrogens is 413 g/mol. The number of benzene rings is 1. The summed E-state index contributed by atoms with van der Waals surface area (Å²) in [5.74, 6) is -1.48. The van der Waals surface area contributed by atoms with Gasteiger partial charge in [-0.25, -0.2) is 17.6 Å². The molecule has 30 heavy (non-hydrogen) atoms. The molecule has 2 unspecified atom stereocenters. The zero-order valence-electron chi connectivity index (χ0n) is 16.6. The fourth-order valence-electron chi connectivity index (χ4n) is 4.41. The third-order valence-electron chi connectivity index (χ3n) is 6.17. The Morgan fingerprint density at radius 1 is 1.20 bits per heavy atom. The van der Waals surface area contributed by atoms with Crippen LogP contribution in [0.4, 0.5) is 9.18 Å². The average Bonchev–Trinajstić information content (AvgIpc) is 3.42. The van der Waals surface area contributed by atoms with Gasteiger partial charge in [0.1, 0.15) is 17.9 Å². The van der Waals surface area contributed by atoms with Crippen LogP contribution in [-0.4, -0.2) is 66.2 Å². The highest BCUT2D eigenvalue weighted by atomic mass is 32.2. The molecule has 3 fully saturated rings. The Labute approximate surface area is 174 Å². The van der Waals surface area contributed by atoms with E-state index in [1.807, 2.05) is 0 Å². The predicted octanol–water partition coefficient (Wildman–Crippen LogP) is 1.16. The predicted molar refractivity (Wildman–Crippen MR) is 106 cm³/mol. The third kappa shape index (κ3) is 3.57. The van der Waals surface area contributed by atoms with Crippen LogP contribution in [0.1, 0.15) is 38.2 Å². The van der Waals surface area contributed by atoms with Crippen molar-refractivity contribution in [3.63, 3.8) is 0 Å². The van der Waals surface area contributed by atoms with Crippen molar-refractivity contribution < 1.29 is 27.2 Å². The molecule has 1 aromatic carbocycles. The number of imide groups is 1. The summed E-state index contributed by atoms with van der Waals surface area (Å²) in [6.45, 7) is 1.29. The molecule has 2 saturated heterocycles. The van der Waals surface area contributed by atoms with E-state index in [9.17, 15) is 27.2 Å². The van der Waals surface area contributed by atoms with Crippen LogP contribution < -0.4 is 5.32 Å². The lowest BCUT2D eigenvalue weighted by Gasteiger charge is -2.30. The van der Waals surface area contributed by atoms with Crippen LogP contribution in [-0.2, 0) is 25.0 Å². The number of carbonyl (C=O) groups excluding carboxylic acids is 3. The van der Waals surface area contributed by atoms with Crippen LogP contribution in [0.5, 0.6) is 0 Å². The van der Waals surface area contributed by atoms with Gasteiger partial charge in [-0.15, -0.1) is 0 Å². The average molecular weight is 437 g/mol. The first-order valence-electron chi connectivity index (χ1n) is 10.1. The van der Waals surface area contributed by atoms with Crippen LogP contribution in [0.25, 0.3) is 0 Å². The number of hydrogen-bond donors (Lipinski definition) is 1. The highest BCUT2D eigenvalue weighted by Gasteiger charge is 2.52. The minimum atomic E-state index is -3.17. The normalized spacial score (nSPS) is 27.9. The van der Waals surface area contributed by atoms with E-state index in [0.717, 1.165) is 17.7 Å². The summed E-state index contributed by atoms with van der Waals surface area (Å²) in [6, 6.07) is 4.19. The standard InChI is InChI=1S/C20H24FN3O5S/c1-2-20(13-3-5-14(21)6-4-13)18(26)23(19(27)22-20)11-17(25)24(15-7-8-15)16-9-10-30(28,29)12-16/h3-6,15-16H,2,7-12H2,1H3,(H,22,27). The second-order valence-electron chi connectivity index (χ2n) is 8.18. The van der Waals surface area contributed by atoms with Crippen LogP contribution in [0.3, 0.4) is 0 Å². The summed E-state index contributed by atoms with van der Waals surface area (Å²) >= 11 is 0. The van der Waals surface area contributed by atoms with Crippen molar-refractivity contribution >= 4 is 27.7 Å². The molecule has 162 valence electrons. The van der Waals surface area contributed by atoms with Gasteiger partial charge in [-0.2, -0.15) is 0 Å². The molecule has 0 radical (unpaired) electrons. The Morgan fingerprint density at radius 2 is 1.87 bits per heavy atom. The van der Waals surface area contributed by atoms with Crippen LogP contribution >= 0.6 is 0 Å². The van der Waals surface area contributed by atoms with Gasteiger partial charge in [-0.05, 0) is 43.4 Å². The van der Waals surface area contributed by atoms with Gasteiger partial charge in [0.2, 0.25) is 5.91 Å². The molecule has 1 saturated carbocycles. The Kier molecular flexibility index (Phi) is 5.08. The first-order valence-corrected chi connectivity index (χ1v) is 11.9. The molecule has 4 rings (SSSR count). The maximum Gasteiger partial charge on any atom is 0.325 e. The zero-order chi connectivity index (χ0) is 21.7. The molecule has 0 bridgehead atoms. The summed E-state index contributed by atoms with van der Waals surface area (Å²) in [6.07, 6.45) is 2.19. The fraction of sp³-hybridized carbons (Fsp3) is 0.550. The number of rotatable bonds is 6. The van der Waals surface area contributed by atoms with Gasteiger partial charge in [0.05, 0.1) is 11.5 Å². The Balaban J connectivity index is 1.55. The molecular formula is C20H24FN3O5S. The molecule has 4 amide bonds. The Morgan fingerprint density at radius 3 is 2.40 bits per heavy atom. The van der Waals surface area contributed by atoms with Crippen LogP contribution in [0, 0.1) is 5.82 Å². The van der Waals surface area contributed by atoms with E-state index in [2.05, 4.69) is 5.32 Å². The number of halogens is 1. The smallest absolute Gasteiger partial charge is 0.325 e. The van der Waals surface area contributed by atoms with Gasteiger partial charge in [0, 0.05) is 12.1 Å². The first kappa shape index (κ1) is 20.8. The summed E-state index contributed by atoms with van der Waals surface area (Å²) in [5, 5.41) is 2.67. The molecule has 3 aliphatic rings. The van der Waals surface area contributed by atoms with Gasteiger partial charge in [0.15, 0.2) is 9.84 Å². The summed E-state index contributed by atoms with van der Waals surface area (Å²) < 4.78 is 37.1. The summed E-state index contributed by atoms with van der Waals surface area (Å²) in [7, 11) is -3.17. The van der Waals surface area contributed by atoms with E-state index in [1.165, 1.54) is 24.3 Å². The number of sulfone groups is 1. The van der Waals surface area contributed by atoms with Gasteiger partial charge < -0.3 is 10.2 Å². The van der Waals surface area contributed by atoms with Crippen molar-refractivity contribution in [1.82, 2.24) is 15.1 Å². The van der Waals surface area contributed by atoms with Crippen molar-refractivity contribution in [2.75, 3.05) is 18.1 Å². The zero-order valence-corrected chi connectivity index (χ0v) is 17.5. The van der Waals surface area contributed by atoms with Crippen molar-refractivity contribution in [3.05, 3.63) is 35.6 Å². The quantitative estimate of drug-likeness (QED) is 0.673.